The van der Waals surface area contributed by atoms with Crippen molar-refractivity contribution in [3.05, 3.63) is 12.2 Å². The third-order valence-corrected chi connectivity index (χ3v) is 4.38. The second kappa shape index (κ2) is 3.65. The molecule has 1 saturated carbocycles. The Bertz CT molecular complexity index is 591. The van der Waals surface area contributed by atoms with E-state index < -0.39 is 0 Å². The van der Waals surface area contributed by atoms with Crippen molar-refractivity contribution in [2.45, 2.75) is 25.3 Å². The van der Waals surface area contributed by atoms with E-state index in [9.17, 15) is 0 Å². The van der Waals surface area contributed by atoms with Gasteiger partial charge in [-0.3, -0.25) is 0 Å². The molecule has 3 atom stereocenters. The largest absolute Gasteiger partial charge is 0.382 e. The maximum atomic E-state index is 5.83. The Kier molecular flexibility index (Phi) is 2.08. The molecule has 0 aromatic carbocycles. The van der Waals surface area contributed by atoms with Gasteiger partial charge in [0, 0.05) is 0 Å². The highest BCUT2D eigenvalue weighted by atomic mass is 15.1. The van der Waals surface area contributed by atoms with E-state index in [4.69, 9.17) is 5.73 Å². The van der Waals surface area contributed by atoms with Crippen LogP contribution in [0.4, 0.5) is 5.82 Å². The molecule has 3 unspecified atom stereocenters. The first kappa shape index (κ1) is 10.3. The average molecular weight is 244 g/mol. The number of nitrogens with one attached hydrogen (secondary N) is 2. The second-order valence-electron chi connectivity index (χ2n) is 5.32. The van der Waals surface area contributed by atoms with Crippen molar-refractivity contribution in [2.24, 2.45) is 11.8 Å². The molecular weight excluding hydrogens is 228 g/mol. The Hall–Kier alpha value is -1.69. The Morgan fingerprint density at radius 1 is 1.28 bits per heavy atom. The second-order valence-corrected chi connectivity index (χ2v) is 5.32. The topological polar surface area (TPSA) is 92.5 Å². The molecule has 6 nitrogen and oxygen atoms in total. The van der Waals surface area contributed by atoms with E-state index in [1.807, 2.05) is 0 Å². The molecule has 0 radical (unpaired) electrons. The monoisotopic (exact) mass is 244 g/mol. The Morgan fingerprint density at radius 2 is 2.22 bits per heavy atom. The van der Waals surface area contributed by atoms with E-state index in [1.54, 1.807) is 0 Å². The Labute approximate surface area is 104 Å². The van der Waals surface area contributed by atoms with Gasteiger partial charge >= 0.3 is 0 Å². The van der Waals surface area contributed by atoms with Crippen LogP contribution in [-0.4, -0.2) is 26.5 Å². The number of hydrogen-bond donors (Lipinski definition) is 3. The van der Waals surface area contributed by atoms with Gasteiger partial charge in [0.1, 0.15) is 17.7 Å². The lowest BCUT2D eigenvalue weighted by molar-refractivity contribution is 0.410. The number of nitrogen functional groups attached to an aromatic ring is 1. The van der Waals surface area contributed by atoms with E-state index in [1.165, 1.54) is 25.6 Å². The van der Waals surface area contributed by atoms with Crippen molar-refractivity contribution >= 4 is 17.0 Å². The summed E-state index contributed by atoms with van der Waals surface area (Å²) < 4.78 is 0. The number of nitrogens with two attached hydrogens (primary N) is 1. The molecule has 4 N–H and O–H groups in total. The highest BCUT2D eigenvalue weighted by Crippen LogP contribution is 2.43. The van der Waals surface area contributed by atoms with Crippen molar-refractivity contribution in [1.82, 2.24) is 25.3 Å². The minimum absolute atomic E-state index is 0.325. The fraction of sp³-hybridized carbons (Fsp3) is 0.583. The van der Waals surface area contributed by atoms with Gasteiger partial charge in [-0.2, -0.15) is 0 Å². The lowest BCUT2D eigenvalue weighted by Gasteiger charge is -2.15. The average Bonchev–Trinajstić information content (AvgIpc) is 3.02. The van der Waals surface area contributed by atoms with Crippen LogP contribution in [0.5, 0.6) is 0 Å². The van der Waals surface area contributed by atoms with Crippen molar-refractivity contribution in [3.8, 4) is 0 Å². The van der Waals surface area contributed by atoms with Gasteiger partial charge in [0.15, 0.2) is 11.5 Å². The zero-order chi connectivity index (χ0) is 12.1. The fourth-order valence-corrected chi connectivity index (χ4v) is 3.50. The van der Waals surface area contributed by atoms with Crippen LogP contribution in [0.15, 0.2) is 6.33 Å². The van der Waals surface area contributed by atoms with Crippen LogP contribution in [0, 0.1) is 11.8 Å². The summed E-state index contributed by atoms with van der Waals surface area (Å²) >= 11 is 0. The Morgan fingerprint density at radius 3 is 3.11 bits per heavy atom. The van der Waals surface area contributed by atoms with Crippen LogP contribution >= 0.6 is 0 Å². The maximum absolute atomic E-state index is 5.83. The molecule has 4 rings (SSSR count). The predicted molar refractivity (Wildman–Crippen MR) is 67.7 cm³/mol. The first-order valence-electron chi connectivity index (χ1n) is 6.52. The Balaban J connectivity index is 1.76. The highest BCUT2D eigenvalue weighted by molar-refractivity contribution is 5.81. The summed E-state index contributed by atoms with van der Waals surface area (Å²) in [5.74, 6) is 2.96. The summed E-state index contributed by atoms with van der Waals surface area (Å²) in [6.45, 7) is 1.10. The summed E-state index contributed by atoms with van der Waals surface area (Å²) in [4.78, 5) is 16.0. The molecule has 1 saturated heterocycles. The van der Waals surface area contributed by atoms with Gasteiger partial charge in [0.05, 0.1) is 6.04 Å². The minimum Gasteiger partial charge on any atom is -0.382 e. The number of fused-ring (bicyclic) bond motifs is 2. The van der Waals surface area contributed by atoms with Gasteiger partial charge in [0.2, 0.25) is 0 Å². The number of imidazole rings is 1. The van der Waals surface area contributed by atoms with E-state index in [0.29, 0.717) is 23.4 Å². The third-order valence-electron chi connectivity index (χ3n) is 4.38. The first-order chi connectivity index (χ1) is 8.83. The van der Waals surface area contributed by atoms with Crippen molar-refractivity contribution in [3.63, 3.8) is 0 Å². The molecule has 0 amide bonds. The van der Waals surface area contributed by atoms with Gasteiger partial charge < -0.3 is 16.0 Å². The summed E-state index contributed by atoms with van der Waals surface area (Å²) in [5.41, 5.74) is 7.26. The highest BCUT2D eigenvalue weighted by Gasteiger charge is 2.41. The zero-order valence-electron chi connectivity index (χ0n) is 10.1. The third kappa shape index (κ3) is 1.35. The fourth-order valence-electron chi connectivity index (χ4n) is 3.50. The number of H-pyrrole nitrogens is 1. The summed E-state index contributed by atoms with van der Waals surface area (Å²) in [7, 11) is 0. The van der Waals surface area contributed by atoms with Crippen LogP contribution in [0.1, 0.15) is 31.1 Å². The zero-order valence-corrected chi connectivity index (χ0v) is 10.1. The van der Waals surface area contributed by atoms with Gasteiger partial charge in [-0.25, -0.2) is 15.0 Å². The molecule has 0 spiro atoms. The van der Waals surface area contributed by atoms with E-state index >= 15 is 0 Å². The number of aromatic nitrogens is 4. The van der Waals surface area contributed by atoms with Gasteiger partial charge in [-0.15, -0.1) is 0 Å². The van der Waals surface area contributed by atoms with E-state index in [-0.39, 0.29) is 0 Å². The number of rotatable bonds is 1. The molecule has 0 bridgehead atoms. The van der Waals surface area contributed by atoms with Crippen molar-refractivity contribution in [1.29, 1.82) is 0 Å². The number of hydrogen-bond acceptors (Lipinski definition) is 5. The molecule has 2 fully saturated rings. The quantitative estimate of drug-likeness (QED) is 0.696. The van der Waals surface area contributed by atoms with Gasteiger partial charge in [-0.05, 0) is 31.2 Å². The van der Waals surface area contributed by atoms with Gasteiger partial charge in [0.25, 0.3) is 0 Å². The molecule has 1 aliphatic heterocycles. The summed E-state index contributed by atoms with van der Waals surface area (Å²) in [6.07, 6.45) is 5.44. The summed E-state index contributed by atoms with van der Waals surface area (Å²) in [5, 5.41) is 3.57. The molecular formula is C12H16N6. The molecule has 94 valence electrons. The molecule has 1 aliphatic carbocycles. The SMILES string of the molecule is Nc1ncnc2nc(C3NCC4CCCC43)[nH]c12. The molecule has 3 heterocycles. The lowest BCUT2D eigenvalue weighted by atomic mass is 9.94. The van der Waals surface area contributed by atoms with Crippen LogP contribution in [-0.2, 0) is 0 Å². The van der Waals surface area contributed by atoms with Crippen molar-refractivity contribution in [2.75, 3.05) is 12.3 Å². The molecule has 6 heteroatoms. The van der Waals surface area contributed by atoms with Crippen LogP contribution in [0.3, 0.4) is 0 Å². The van der Waals surface area contributed by atoms with Crippen LogP contribution in [0.25, 0.3) is 11.2 Å². The number of nitrogens with zero attached hydrogens (tertiary/aromatic N) is 3. The van der Waals surface area contributed by atoms with E-state index in [0.717, 1.165) is 23.8 Å². The minimum atomic E-state index is 0.325. The van der Waals surface area contributed by atoms with Crippen LogP contribution < -0.4 is 11.1 Å². The van der Waals surface area contributed by atoms with E-state index in [2.05, 4.69) is 25.3 Å². The molecule has 18 heavy (non-hydrogen) atoms. The number of aromatic amines is 1. The lowest BCUT2D eigenvalue weighted by Crippen LogP contribution is -2.19. The van der Waals surface area contributed by atoms with Crippen LogP contribution in [0.2, 0.25) is 0 Å². The molecule has 2 aromatic rings. The van der Waals surface area contributed by atoms with Crippen molar-refractivity contribution < 1.29 is 0 Å². The standard InChI is InChI=1S/C12H16N6/c13-10-9-11(16-5-15-10)18-12(17-9)8-7-3-1-2-6(7)4-14-8/h5-8,14H,1-4H2,(H3,13,15,16,17,18). The predicted octanol–water partition coefficient (Wildman–Crippen LogP) is 0.996. The smallest absolute Gasteiger partial charge is 0.183 e. The molecule has 2 aliphatic rings. The number of anilines is 1. The maximum Gasteiger partial charge on any atom is 0.183 e. The summed E-state index contributed by atoms with van der Waals surface area (Å²) in [6, 6.07) is 0.325. The van der Waals surface area contributed by atoms with Gasteiger partial charge in [-0.1, -0.05) is 6.42 Å². The molecule has 2 aromatic heterocycles. The normalized spacial score (nSPS) is 31.0. The first-order valence-corrected chi connectivity index (χ1v) is 6.52.